The largest absolute Gasteiger partial charge is 0.388 e. The summed E-state index contributed by atoms with van der Waals surface area (Å²) < 4.78 is 0. The number of aliphatic hydroxyl groups excluding tert-OH is 1. The fourth-order valence-electron chi connectivity index (χ4n) is 1.46. The van der Waals surface area contributed by atoms with Gasteiger partial charge in [-0.15, -0.1) is 0 Å². The van der Waals surface area contributed by atoms with E-state index in [9.17, 15) is 5.11 Å². The summed E-state index contributed by atoms with van der Waals surface area (Å²) in [6, 6.07) is 1.78. The number of rotatable bonds is 3. The molecule has 14 heavy (non-hydrogen) atoms. The Morgan fingerprint density at radius 1 is 1.50 bits per heavy atom. The van der Waals surface area contributed by atoms with E-state index in [1.165, 1.54) is 0 Å². The van der Waals surface area contributed by atoms with E-state index in [0.29, 0.717) is 18.6 Å². The van der Waals surface area contributed by atoms with Crippen LogP contribution in [-0.2, 0) is 0 Å². The summed E-state index contributed by atoms with van der Waals surface area (Å²) in [4.78, 5) is 11.0. The van der Waals surface area contributed by atoms with E-state index in [-0.39, 0.29) is 0 Å². The molecule has 0 saturated heterocycles. The van der Waals surface area contributed by atoms with Crippen molar-refractivity contribution in [3.05, 3.63) is 24.2 Å². The molecule has 0 aliphatic heterocycles. The molecule has 1 atom stereocenters. The molecule has 0 amide bonds. The molecule has 2 aromatic heterocycles. The number of fused-ring (bicyclic) bond motifs is 1. The maximum absolute atomic E-state index is 9.78. The Balaban J connectivity index is 2.45. The molecule has 2 heterocycles. The van der Waals surface area contributed by atoms with Crippen molar-refractivity contribution >= 4 is 11.2 Å². The lowest BCUT2D eigenvalue weighted by molar-refractivity contribution is 0.171. The summed E-state index contributed by atoms with van der Waals surface area (Å²) >= 11 is 0. The minimum absolute atomic E-state index is 0.457. The second-order valence-corrected chi connectivity index (χ2v) is 3.09. The summed E-state index contributed by atoms with van der Waals surface area (Å²) in [5.74, 6) is 0. The van der Waals surface area contributed by atoms with Crippen LogP contribution in [0, 0.1) is 0 Å². The third-order valence-electron chi connectivity index (χ3n) is 2.16. The first-order valence-corrected chi connectivity index (χ1v) is 4.49. The summed E-state index contributed by atoms with van der Waals surface area (Å²) in [6.45, 7) is 0.457. The van der Waals surface area contributed by atoms with Crippen molar-refractivity contribution in [2.24, 2.45) is 5.73 Å². The van der Waals surface area contributed by atoms with Crippen LogP contribution in [0.4, 0.5) is 0 Å². The van der Waals surface area contributed by atoms with E-state index in [4.69, 9.17) is 5.73 Å². The molecule has 0 bridgehead atoms. The molecule has 0 fully saturated rings. The second kappa shape index (κ2) is 3.73. The lowest BCUT2D eigenvalue weighted by Gasteiger charge is -2.09. The van der Waals surface area contributed by atoms with Crippen LogP contribution in [0.5, 0.6) is 0 Å². The lowest BCUT2D eigenvalue weighted by Crippen LogP contribution is -2.07. The first-order chi connectivity index (χ1) is 6.83. The summed E-state index contributed by atoms with van der Waals surface area (Å²) in [5, 5.41) is 9.78. The van der Waals surface area contributed by atoms with Crippen molar-refractivity contribution in [3.63, 3.8) is 0 Å². The van der Waals surface area contributed by atoms with Gasteiger partial charge in [0, 0.05) is 11.8 Å². The van der Waals surface area contributed by atoms with Crippen molar-refractivity contribution in [1.82, 2.24) is 15.0 Å². The summed E-state index contributed by atoms with van der Waals surface area (Å²) in [5.41, 5.74) is 7.60. The highest BCUT2D eigenvalue weighted by molar-refractivity contribution is 5.74. The van der Waals surface area contributed by atoms with E-state index in [1.54, 1.807) is 18.6 Å². The molecule has 5 heteroatoms. The van der Waals surface area contributed by atoms with Gasteiger partial charge in [0.15, 0.2) is 5.65 Å². The Morgan fingerprint density at radius 3 is 3.14 bits per heavy atom. The SMILES string of the molecule is NCCC(O)c1ccnc2nc[nH]c12. The van der Waals surface area contributed by atoms with Crippen molar-refractivity contribution in [2.75, 3.05) is 6.54 Å². The topological polar surface area (TPSA) is 87.8 Å². The molecule has 4 N–H and O–H groups in total. The number of pyridine rings is 1. The van der Waals surface area contributed by atoms with E-state index < -0.39 is 6.10 Å². The predicted octanol–water partition coefficient (Wildman–Crippen LogP) is 0.340. The number of nitrogens with one attached hydrogen (secondary N) is 1. The maximum Gasteiger partial charge on any atom is 0.177 e. The fraction of sp³-hybridized carbons (Fsp3) is 0.333. The van der Waals surface area contributed by atoms with Crippen LogP contribution in [0.25, 0.3) is 11.2 Å². The van der Waals surface area contributed by atoms with Crippen LogP contribution in [0.2, 0.25) is 0 Å². The average molecular weight is 192 g/mol. The number of nitrogens with zero attached hydrogens (tertiary/aromatic N) is 2. The number of H-pyrrole nitrogens is 1. The third-order valence-corrected chi connectivity index (χ3v) is 2.16. The molecule has 0 saturated carbocycles. The third kappa shape index (κ3) is 1.47. The van der Waals surface area contributed by atoms with E-state index in [2.05, 4.69) is 15.0 Å². The summed E-state index contributed by atoms with van der Waals surface area (Å²) in [6.07, 6.45) is 3.19. The molecule has 0 aliphatic carbocycles. The Bertz CT molecular complexity index is 425. The number of nitrogens with two attached hydrogens (primary N) is 1. The number of hydrogen-bond acceptors (Lipinski definition) is 4. The van der Waals surface area contributed by atoms with Gasteiger partial charge in [-0.3, -0.25) is 0 Å². The number of aromatic amines is 1. The van der Waals surface area contributed by atoms with Gasteiger partial charge in [-0.25, -0.2) is 9.97 Å². The highest BCUT2D eigenvalue weighted by Gasteiger charge is 2.11. The van der Waals surface area contributed by atoms with Crippen molar-refractivity contribution in [3.8, 4) is 0 Å². The van der Waals surface area contributed by atoms with Gasteiger partial charge in [-0.1, -0.05) is 0 Å². The maximum atomic E-state index is 9.78. The monoisotopic (exact) mass is 192 g/mol. The van der Waals surface area contributed by atoms with Crippen LogP contribution in [0.15, 0.2) is 18.6 Å². The van der Waals surface area contributed by atoms with Gasteiger partial charge in [-0.2, -0.15) is 0 Å². The Labute approximate surface area is 81.0 Å². The molecule has 2 aromatic rings. The quantitative estimate of drug-likeness (QED) is 0.654. The molecule has 2 rings (SSSR count). The van der Waals surface area contributed by atoms with Crippen molar-refractivity contribution < 1.29 is 5.11 Å². The molecule has 74 valence electrons. The van der Waals surface area contributed by atoms with Crippen LogP contribution >= 0.6 is 0 Å². The van der Waals surface area contributed by atoms with Gasteiger partial charge in [0.25, 0.3) is 0 Å². The highest BCUT2D eigenvalue weighted by Crippen LogP contribution is 2.21. The minimum atomic E-state index is -0.550. The van der Waals surface area contributed by atoms with E-state index >= 15 is 0 Å². The normalized spacial score (nSPS) is 13.3. The summed E-state index contributed by atoms with van der Waals surface area (Å²) in [7, 11) is 0. The number of hydrogen-bond donors (Lipinski definition) is 3. The lowest BCUT2D eigenvalue weighted by atomic mass is 10.1. The smallest absolute Gasteiger partial charge is 0.177 e. The van der Waals surface area contributed by atoms with Crippen LogP contribution in [0.3, 0.4) is 0 Å². The number of imidazole rings is 1. The van der Waals surface area contributed by atoms with Gasteiger partial charge in [0.05, 0.1) is 17.9 Å². The van der Waals surface area contributed by atoms with Gasteiger partial charge in [-0.05, 0) is 19.0 Å². The predicted molar refractivity (Wildman–Crippen MR) is 52.5 cm³/mol. The highest BCUT2D eigenvalue weighted by atomic mass is 16.3. The van der Waals surface area contributed by atoms with E-state index in [1.807, 2.05) is 0 Å². The van der Waals surface area contributed by atoms with Gasteiger partial charge < -0.3 is 15.8 Å². The molecule has 0 aliphatic rings. The molecular formula is C9H12N4O. The van der Waals surface area contributed by atoms with Crippen LogP contribution in [0.1, 0.15) is 18.1 Å². The Hall–Kier alpha value is -1.46. The second-order valence-electron chi connectivity index (χ2n) is 3.09. The molecule has 0 spiro atoms. The van der Waals surface area contributed by atoms with Crippen molar-refractivity contribution in [1.29, 1.82) is 0 Å². The van der Waals surface area contributed by atoms with Crippen LogP contribution < -0.4 is 5.73 Å². The van der Waals surface area contributed by atoms with E-state index in [0.717, 1.165) is 11.1 Å². The zero-order chi connectivity index (χ0) is 9.97. The molecule has 0 aromatic carbocycles. The Morgan fingerprint density at radius 2 is 2.36 bits per heavy atom. The zero-order valence-electron chi connectivity index (χ0n) is 7.64. The van der Waals surface area contributed by atoms with Gasteiger partial charge >= 0.3 is 0 Å². The zero-order valence-corrected chi connectivity index (χ0v) is 7.64. The first kappa shape index (κ1) is 9.11. The fourth-order valence-corrected chi connectivity index (χ4v) is 1.46. The van der Waals surface area contributed by atoms with Gasteiger partial charge in [0.2, 0.25) is 0 Å². The number of aromatic nitrogens is 3. The van der Waals surface area contributed by atoms with Crippen LogP contribution in [-0.4, -0.2) is 26.6 Å². The molecule has 1 unspecified atom stereocenters. The standard InChI is InChI=1S/C9H12N4O/c10-3-1-7(14)6-2-4-11-9-8(6)12-5-13-9/h2,4-5,7,14H,1,3,10H2,(H,11,12,13). The minimum Gasteiger partial charge on any atom is -0.388 e. The number of aliphatic hydroxyl groups is 1. The van der Waals surface area contributed by atoms with Crippen molar-refractivity contribution in [2.45, 2.75) is 12.5 Å². The molecular weight excluding hydrogens is 180 g/mol. The first-order valence-electron chi connectivity index (χ1n) is 4.49. The molecule has 5 nitrogen and oxygen atoms in total. The Kier molecular flexibility index (Phi) is 2.43. The average Bonchev–Trinajstić information content (AvgIpc) is 2.65. The van der Waals surface area contributed by atoms with Gasteiger partial charge in [0.1, 0.15) is 0 Å². The molecule has 0 radical (unpaired) electrons.